The van der Waals surface area contributed by atoms with Crippen molar-refractivity contribution < 1.29 is 14.3 Å². The van der Waals surface area contributed by atoms with E-state index in [9.17, 15) is 4.79 Å². The number of esters is 1. The van der Waals surface area contributed by atoms with Gasteiger partial charge in [-0.1, -0.05) is 60.7 Å². The molecule has 1 unspecified atom stereocenters. The summed E-state index contributed by atoms with van der Waals surface area (Å²) >= 11 is 0. The lowest BCUT2D eigenvalue weighted by molar-refractivity contribution is -0.145. The standard InChI is InChI=1S/C29H32N2O3/c1-2-3-7-16-33-28-13-12-25(20-31-28)27(18-29(32)34-21-22-8-5-4-6-9-22)24-11-10-23-14-15-30-19-26(23)17-24/h2,4-6,8-13,17,20,27,30H,1,3,7,14-16,18-19,21H2. The number of unbranched alkanes of at least 4 members (excludes halogenated alkanes) is 1. The zero-order valence-corrected chi connectivity index (χ0v) is 19.5. The van der Waals surface area contributed by atoms with Gasteiger partial charge in [0.2, 0.25) is 5.88 Å². The van der Waals surface area contributed by atoms with Crippen LogP contribution in [0.2, 0.25) is 0 Å². The van der Waals surface area contributed by atoms with E-state index in [4.69, 9.17) is 9.47 Å². The predicted octanol–water partition coefficient (Wildman–Crippen LogP) is 5.34. The summed E-state index contributed by atoms with van der Waals surface area (Å²) in [5, 5.41) is 3.44. The molecule has 34 heavy (non-hydrogen) atoms. The Morgan fingerprint density at radius 2 is 1.94 bits per heavy atom. The molecule has 0 saturated carbocycles. The second-order valence-electron chi connectivity index (χ2n) is 8.57. The third-order valence-electron chi connectivity index (χ3n) is 6.10. The van der Waals surface area contributed by atoms with Crippen LogP contribution in [0.4, 0.5) is 0 Å². The number of nitrogens with zero attached hydrogens (tertiary/aromatic N) is 1. The lowest BCUT2D eigenvalue weighted by atomic mass is 9.86. The maximum atomic E-state index is 12.8. The minimum absolute atomic E-state index is 0.141. The Balaban J connectivity index is 1.50. The highest BCUT2D eigenvalue weighted by Crippen LogP contribution is 2.31. The van der Waals surface area contributed by atoms with Crippen molar-refractivity contribution in [1.29, 1.82) is 0 Å². The van der Waals surface area contributed by atoms with Crippen LogP contribution in [0.1, 0.15) is 53.0 Å². The van der Waals surface area contributed by atoms with Gasteiger partial charge in [-0.3, -0.25) is 4.79 Å². The maximum absolute atomic E-state index is 12.8. The molecule has 1 aliphatic rings. The summed E-state index contributed by atoms with van der Waals surface area (Å²) in [7, 11) is 0. The summed E-state index contributed by atoms with van der Waals surface area (Å²) in [5.74, 6) is 0.222. The molecule has 1 aliphatic heterocycles. The van der Waals surface area contributed by atoms with Crippen LogP contribution in [0, 0.1) is 0 Å². The van der Waals surface area contributed by atoms with E-state index >= 15 is 0 Å². The first kappa shape index (κ1) is 23.7. The fourth-order valence-electron chi connectivity index (χ4n) is 4.20. The van der Waals surface area contributed by atoms with Gasteiger partial charge in [-0.25, -0.2) is 4.98 Å². The molecule has 1 N–H and O–H groups in total. The molecule has 2 heterocycles. The normalized spacial score (nSPS) is 13.5. The fourth-order valence-corrected chi connectivity index (χ4v) is 4.20. The van der Waals surface area contributed by atoms with E-state index in [1.807, 2.05) is 54.7 Å². The van der Waals surface area contributed by atoms with Crippen LogP contribution in [-0.2, 0) is 29.1 Å². The molecule has 1 aromatic heterocycles. The smallest absolute Gasteiger partial charge is 0.307 e. The van der Waals surface area contributed by atoms with Crippen LogP contribution in [0.3, 0.4) is 0 Å². The molecule has 2 aromatic carbocycles. The van der Waals surface area contributed by atoms with E-state index in [0.717, 1.165) is 49.0 Å². The van der Waals surface area contributed by atoms with Crippen LogP contribution in [0.25, 0.3) is 0 Å². The van der Waals surface area contributed by atoms with Gasteiger partial charge in [-0.15, -0.1) is 6.58 Å². The van der Waals surface area contributed by atoms with Gasteiger partial charge in [0, 0.05) is 24.7 Å². The van der Waals surface area contributed by atoms with Gasteiger partial charge >= 0.3 is 5.97 Å². The van der Waals surface area contributed by atoms with Crippen molar-refractivity contribution in [3.05, 3.63) is 107 Å². The number of allylic oxidation sites excluding steroid dienone is 1. The summed E-state index contributed by atoms with van der Waals surface area (Å²) < 4.78 is 11.3. The van der Waals surface area contributed by atoms with Crippen LogP contribution in [-0.4, -0.2) is 24.1 Å². The number of fused-ring (bicyclic) bond motifs is 1. The number of carbonyl (C=O) groups excluding carboxylic acids is 1. The van der Waals surface area contributed by atoms with Crippen molar-refractivity contribution in [1.82, 2.24) is 10.3 Å². The average molecular weight is 457 g/mol. The Kier molecular flexibility index (Phi) is 8.47. The zero-order chi connectivity index (χ0) is 23.6. The van der Waals surface area contributed by atoms with Crippen molar-refractivity contribution in [2.24, 2.45) is 0 Å². The van der Waals surface area contributed by atoms with Crippen molar-refractivity contribution in [2.75, 3.05) is 13.2 Å². The molecule has 0 radical (unpaired) electrons. The van der Waals surface area contributed by atoms with Gasteiger partial charge in [0.1, 0.15) is 6.61 Å². The SMILES string of the molecule is C=CCCCOc1ccc(C(CC(=O)OCc2ccccc2)c2ccc3c(c2)CNCC3)cn1. The quantitative estimate of drug-likeness (QED) is 0.240. The number of rotatable bonds is 11. The minimum Gasteiger partial charge on any atom is -0.478 e. The first-order chi connectivity index (χ1) is 16.7. The first-order valence-corrected chi connectivity index (χ1v) is 11.9. The predicted molar refractivity (Wildman–Crippen MR) is 134 cm³/mol. The molecule has 0 fully saturated rings. The molecular formula is C29H32N2O3. The van der Waals surface area contributed by atoms with E-state index in [2.05, 4.69) is 35.1 Å². The third kappa shape index (κ3) is 6.55. The molecule has 0 amide bonds. The molecule has 4 rings (SSSR count). The van der Waals surface area contributed by atoms with Gasteiger partial charge in [-0.2, -0.15) is 0 Å². The van der Waals surface area contributed by atoms with Crippen molar-refractivity contribution in [3.8, 4) is 5.88 Å². The fraction of sp³-hybridized carbons (Fsp3) is 0.310. The van der Waals surface area contributed by atoms with Crippen LogP contribution < -0.4 is 10.1 Å². The topological polar surface area (TPSA) is 60.5 Å². The average Bonchev–Trinajstić information content (AvgIpc) is 2.89. The molecule has 1 atom stereocenters. The van der Waals surface area contributed by atoms with Crippen LogP contribution >= 0.6 is 0 Å². The van der Waals surface area contributed by atoms with E-state index in [-0.39, 0.29) is 24.9 Å². The number of carbonyl (C=O) groups is 1. The number of pyridine rings is 1. The molecule has 0 spiro atoms. The highest BCUT2D eigenvalue weighted by Gasteiger charge is 2.22. The molecule has 5 heteroatoms. The first-order valence-electron chi connectivity index (χ1n) is 11.9. The number of nitrogens with one attached hydrogen (secondary N) is 1. The Morgan fingerprint density at radius 1 is 1.09 bits per heavy atom. The number of ether oxygens (including phenoxy) is 2. The molecule has 5 nitrogen and oxygen atoms in total. The second kappa shape index (κ2) is 12.1. The van der Waals surface area contributed by atoms with E-state index in [1.54, 1.807) is 0 Å². The lowest BCUT2D eigenvalue weighted by Gasteiger charge is -2.22. The van der Waals surface area contributed by atoms with Gasteiger partial charge in [-0.05, 0) is 53.6 Å². The third-order valence-corrected chi connectivity index (χ3v) is 6.10. The summed E-state index contributed by atoms with van der Waals surface area (Å²) in [6.07, 6.45) is 6.80. The second-order valence-corrected chi connectivity index (χ2v) is 8.57. The highest BCUT2D eigenvalue weighted by molar-refractivity contribution is 5.71. The van der Waals surface area contributed by atoms with Crippen molar-refractivity contribution in [3.63, 3.8) is 0 Å². The van der Waals surface area contributed by atoms with Gasteiger partial charge in [0.15, 0.2) is 0 Å². The van der Waals surface area contributed by atoms with E-state index < -0.39 is 0 Å². The zero-order valence-electron chi connectivity index (χ0n) is 19.5. The van der Waals surface area contributed by atoms with Gasteiger partial charge < -0.3 is 14.8 Å². The Hall–Kier alpha value is -3.44. The molecule has 0 aliphatic carbocycles. The number of hydrogen-bond acceptors (Lipinski definition) is 5. The highest BCUT2D eigenvalue weighted by atomic mass is 16.5. The molecule has 0 bridgehead atoms. The van der Waals surface area contributed by atoms with E-state index in [1.165, 1.54) is 11.1 Å². The number of benzene rings is 2. The Labute approximate surface area is 201 Å². The van der Waals surface area contributed by atoms with Crippen molar-refractivity contribution >= 4 is 5.97 Å². The Morgan fingerprint density at radius 3 is 2.74 bits per heavy atom. The molecule has 3 aromatic rings. The number of aromatic nitrogens is 1. The maximum Gasteiger partial charge on any atom is 0.307 e. The minimum atomic E-state index is -0.227. The summed E-state index contributed by atoms with van der Waals surface area (Å²) in [6, 6.07) is 20.2. The summed E-state index contributed by atoms with van der Waals surface area (Å²) in [5.41, 5.74) is 5.71. The molecular weight excluding hydrogens is 424 g/mol. The van der Waals surface area contributed by atoms with Crippen LogP contribution in [0.15, 0.2) is 79.5 Å². The van der Waals surface area contributed by atoms with Crippen molar-refractivity contribution in [2.45, 2.75) is 44.8 Å². The van der Waals surface area contributed by atoms with Gasteiger partial charge in [0.25, 0.3) is 0 Å². The molecule has 0 saturated heterocycles. The lowest BCUT2D eigenvalue weighted by Crippen LogP contribution is -2.24. The number of hydrogen-bond donors (Lipinski definition) is 1. The van der Waals surface area contributed by atoms with Gasteiger partial charge in [0.05, 0.1) is 13.0 Å². The summed E-state index contributed by atoms with van der Waals surface area (Å²) in [6.45, 7) is 6.46. The Bertz CT molecular complexity index is 1080. The van der Waals surface area contributed by atoms with Crippen LogP contribution in [0.5, 0.6) is 5.88 Å². The molecule has 176 valence electrons. The summed E-state index contributed by atoms with van der Waals surface area (Å²) in [4.78, 5) is 17.3. The van der Waals surface area contributed by atoms with E-state index in [0.29, 0.717) is 12.5 Å². The monoisotopic (exact) mass is 456 g/mol. The largest absolute Gasteiger partial charge is 0.478 e.